The van der Waals surface area contributed by atoms with Crippen LogP contribution in [-0.4, -0.2) is 25.4 Å². The zero-order valence-electron chi connectivity index (χ0n) is 14.2. The summed E-state index contributed by atoms with van der Waals surface area (Å²) in [5, 5.41) is 11.1. The van der Waals surface area contributed by atoms with Gasteiger partial charge in [0, 0.05) is 23.7 Å². The lowest BCUT2D eigenvalue weighted by Crippen LogP contribution is -2.52. The van der Waals surface area contributed by atoms with Crippen LogP contribution in [0.5, 0.6) is 0 Å². The van der Waals surface area contributed by atoms with Crippen molar-refractivity contribution in [2.45, 2.75) is 51.5 Å². The fourth-order valence-electron chi connectivity index (χ4n) is 2.75. The first-order valence-electron chi connectivity index (χ1n) is 7.41. The van der Waals surface area contributed by atoms with Crippen LogP contribution in [-0.2, 0) is 10.0 Å². The van der Waals surface area contributed by atoms with Crippen molar-refractivity contribution in [2.75, 3.05) is 6.54 Å². The zero-order valence-corrected chi connectivity index (χ0v) is 15.0. The monoisotopic (exact) mass is 343 g/mol. The van der Waals surface area contributed by atoms with Crippen molar-refractivity contribution in [3.8, 4) is 0 Å². The second kappa shape index (κ2) is 6.94. The van der Waals surface area contributed by atoms with E-state index in [2.05, 4.69) is 4.72 Å². The predicted molar refractivity (Wildman–Crippen MR) is 89.8 cm³/mol. The lowest BCUT2D eigenvalue weighted by molar-refractivity contribution is -0.385. The third-order valence-electron chi connectivity index (χ3n) is 3.67. The summed E-state index contributed by atoms with van der Waals surface area (Å²) in [4.78, 5) is 10.4. The van der Waals surface area contributed by atoms with E-state index < -0.39 is 20.5 Å². The molecule has 0 bridgehead atoms. The standard InChI is InChI=1S/C15H25N3O4S/c1-10(2)8-15(5,9-16)17-23(21,22)14-7-13(18(19)20)11(3)6-12(14)4/h6-7,10,17H,8-9,16H2,1-5H3. The molecule has 0 radical (unpaired) electrons. The van der Waals surface area contributed by atoms with Crippen LogP contribution >= 0.6 is 0 Å². The van der Waals surface area contributed by atoms with Gasteiger partial charge in [0.2, 0.25) is 10.0 Å². The Morgan fingerprint density at radius 3 is 2.30 bits per heavy atom. The van der Waals surface area contributed by atoms with E-state index in [1.165, 1.54) is 6.07 Å². The number of benzene rings is 1. The van der Waals surface area contributed by atoms with Crippen LogP contribution in [0, 0.1) is 29.9 Å². The summed E-state index contributed by atoms with van der Waals surface area (Å²) in [6.45, 7) is 9.03. The minimum Gasteiger partial charge on any atom is -0.329 e. The number of nitro groups is 1. The van der Waals surface area contributed by atoms with Gasteiger partial charge in [-0.25, -0.2) is 13.1 Å². The first kappa shape index (κ1) is 19.5. The number of nitrogens with zero attached hydrogens (tertiary/aromatic N) is 1. The topological polar surface area (TPSA) is 115 Å². The van der Waals surface area contributed by atoms with Crippen LogP contribution in [0.15, 0.2) is 17.0 Å². The average molecular weight is 343 g/mol. The molecule has 0 aliphatic heterocycles. The molecule has 7 nitrogen and oxygen atoms in total. The quantitative estimate of drug-likeness (QED) is 0.582. The smallest absolute Gasteiger partial charge is 0.273 e. The maximum Gasteiger partial charge on any atom is 0.273 e. The summed E-state index contributed by atoms with van der Waals surface area (Å²) in [5.41, 5.74) is 5.61. The van der Waals surface area contributed by atoms with Gasteiger partial charge in [-0.1, -0.05) is 13.8 Å². The van der Waals surface area contributed by atoms with Crippen molar-refractivity contribution < 1.29 is 13.3 Å². The maximum atomic E-state index is 12.7. The molecule has 1 unspecified atom stereocenters. The van der Waals surface area contributed by atoms with E-state index in [9.17, 15) is 18.5 Å². The Morgan fingerprint density at radius 2 is 1.87 bits per heavy atom. The minimum absolute atomic E-state index is 0.0850. The third kappa shape index (κ3) is 4.73. The molecule has 3 N–H and O–H groups in total. The van der Waals surface area contributed by atoms with E-state index in [0.717, 1.165) is 6.07 Å². The molecule has 23 heavy (non-hydrogen) atoms. The molecule has 0 heterocycles. The van der Waals surface area contributed by atoms with E-state index in [1.807, 2.05) is 13.8 Å². The third-order valence-corrected chi connectivity index (χ3v) is 5.45. The first-order chi connectivity index (χ1) is 10.4. The number of aryl methyl sites for hydroxylation is 2. The molecule has 0 spiro atoms. The van der Waals surface area contributed by atoms with Crippen LogP contribution in [0.1, 0.15) is 38.3 Å². The van der Waals surface area contributed by atoms with Gasteiger partial charge in [-0.05, 0) is 44.7 Å². The molecule has 0 aromatic heterocycles. The Hall–Kier alpha value is -1.51. The first-order valence-corrected chi connectivity index (χ1v) is 8.90. The van der Waals surface area contributed by atoms with Crippen molar-refractivity contribution in [3.05, 3.63) is 33.4 Å². The molecule has 1 rings (SSSR count). The molecule has 0 saturated carbocycles. The van der Waals surface area contributed by atoms with E-state index >= 15 is 0 Å². The molecule has 0 fully saturated rings. The van der Waals surface area contributed by atoms with Crippen LogP contribution in [0.25, 0.3) is 0 Å². The number of rotatable bonds is 7. The summed E-state index contributed by atoms with van der Waals surface area (Å²) >= 11 is 0. The number of hydrogen-bond acceptors (Lipinski definition) is 5. The SMILES string of the molecule is Cc1cc(C)c(S(=O)(=O)NC(C)(CN)CC(C)C)cc1[N+](=O)[O-]. The van der Waals surface area contributed by atoms with Crippen LogP contribution in [0.3, 0.4) is 0 Å². The Labute approximate surface area is 137 Å². The van der Waals surface area contributed by atoms with Crippen molar-refractivity contribution in [3.63, 3.8) is 0 Å². The van der Waals surface area contributed by atoms with Crippen molar-refractivity contribution in [2.24, 2.45) is 11.7 Å². The van der Waals surface area contributed by atoms with Gasteiger partial charge in [-0.15, -0.1) is 0 Å². The van der Waals surface area contributed by atoms with Crippen molar-refractivity contribution >= 4 is 15.7 Å². The molecule has 8 heteroatoms. The minimum atomic E-state index is -3.91. The number of hydrogen-bond donors (Lipinski definition) is 2. The Balaban J connectivity index is 3.33. The summed E-state index contributed by atoms with van der Waals surface area (Å²) in [6, 6.07) is 2.62. The molecule has 1 atom stereocenters. The summed E-state index contributed by atoms with van der Waals surface area (Å²) in [7, 11) is -3.91. The van der Waals surface area contributed by atoms with Gasteiger partial charge in [0.1, 0.15) is 0 Å². The van der Waals surface area contributed by atoms with E-state index in [0.29, 0.717) is 17.5 Å². The fraction of sp³-hybridized carbons (Fsp3) is 0.600. The van der Waals surface area contributed by atoms with Crippen LogP contribution in [0.4, 0.5) is 5.69 Å². The van der Waals surface area contributed by atoms with E-state index in [1.54, 1.807) is 20.8 Å². The molecule has 1 aromatic rings. The second-order valence-corrected chi connectivity index (χ2v) is 8.28. The van der Waals surface area contributed by atoms with Crippen molar-refractivity contribution in [1.29, 1.82) is 0 Å². The normalized spacial score (nSPS) is 14.7. The predicted octanol–water partition coefficient (Wildman–Crippen LogP) is 2.25. The number of nitrogens with one attached hydrogen (secondary N) is 1. The van der Waals surface area contributed by atoms with Gasteiger partial charge in [-0.2, -0.15) is 0 Å². The fourth-order valence-corrected chi connectivity index (χ4v) is 4.43. The highest BCUT2D eigenvalue weighted by molar-refractivity contribution is 7.89. The lowest BCUT2D eigenvalue weighted by Gasteiger charge is -2.31. The zero-order chi connectivity index (χ0) is 18.0. The van der Waals surface area contributed by atoms with Gasteiger partial charge >= 0.3 is 0 Å². The second-order valence-electron chi connectivity index (χ2n) is 6.63. The molecule has 1 aromatic carbocycles. The molecule has 0 saturated heterocycles. The molecular weight excluding hydrogens is 318 g/mol. The average Bonchev–Trinajstić information content (AvgIpc) is 2.35. The van der Waals surface area contributed by atoms with Crippen molar-refractivity contribution in [1.82, 2.24) is 4.72 Å². The Bertz CT molecular complexity index is 701. The van der Waals surface area contributed by atoms with Gasteiger partial charge in [-0.3, -0.25) is 10.1 Å². The largest absolute Gasteiger partial charge is 0.329 e. The number of nitro benzene ring substituents is 1. The van der Waals surface area contributed by atoms with Gasteiger partial charge in [0.25, 0.3) is 5.69 Å². The van der Waals surface area contributed by atoms with E-state index in [-0.39, 0.29) is 23.0 Å². The van der Waals surface area contributed by atoms with Gasteiger partial charge in [0.05, 0.1) is 9.82 Å². The highest BCUT2D eigenvalue weighted by Crippen LogP contribution is 2.27. The Kier molecular flexibility index (Phi) is 5.89. The maximum absolute atomic E-state index is 12.7. The molecule has 130 valence electrons. The molecule has 0 amide bonds. The van der Waals surface area contributed by atoms with Crippen LogP contribution in [0.2, 0.25) is 0 Å². The highest BCUT2D eigenvalue weighted by Gasteiger charge is 2.32. The van der Waals surface area contributed by atoms with Gasteiger partial charge in [0.15, 0.2) is 0 Å². The van der Waals surface area contributed by atoms with Gasteiger partial charge < -0.3 is 5.73 Å². The lowest BCUT2D eigenvalue weighted by atomic mass is 9.92. The number of sulfonamides is 1. The molecule has 0 aliphatic carbocycles. The van der Waals surface area contributed by atoms with Crippen LogP contribution < -0.4 is 10.5 Å². The summed E-state index contributed by atoms with van der Waals surface area (Å²) in [6.07, 6.45) is 0.565. The number of nitrogens with two attached hydrogens (primary N) is 1. The molecular formula is C15H25N3O4S. The van der Waals surface area contributed by atoms with E-state index in [4.69, 9.17) is 5.73 Å². The Morgan fingerprint density at radius 1 is 1.30 bits per heavy atom. The highest BCUT2D eigenvalue weighted by atomic mass is 32.2. The summed E-state index contributed by atoms with van der Waals surface area (Å²) in [5.74, 6) is 0.250. The molecule has 0 aliphatic rings. The summed E-state index contributed by atoms with van der Waals surface area (Å²) < 4.78 is 28.0.